The molecule has 41 heavy (non-hydrogen) atoms. The molecule has 1 aliphatic carbocycles. The number of imidazole rings is 1. The van der Waals surface area contributed by atoms with E-state index in [1.54, 1.807) is 21.7 Å². The molecule has 4 N–H and O–H groups in total. The summed E-state index contributed by atoms with van der Waals surface area (Å²) in [5, 5.41) is 18.5. The number of aromatic nitrogens is 5. The summed E-state index contributed by atoms with van der Waals surface area (Å²) in [6.45, 7) is 7.00. The standard InChI is InChI=1S/C29H34N8O4/c1-29(2,3)41-28(40)36-12-10-18(11-13-36)17-4-6-20(7-5-17)31-23-15-24(32-21-8-9-21)37-25(34-23)19(16-30-37)14-22-26(38)35-27(39)33-22/h4-7,14-16,18,21,31,38H,8-13H2,1-3H3,(H2,33,35,39). The van der Waals surface area contributed by atoms with Gasteiger partial charge in [0.05, 0.1) is 12.2 Å². The topological polar surface area (TPSA) is 153 Å². The summed E-state index contributed by atoms with van der Waals surface area (Å²) in [4.78, 5) is 40.2. The molecule has 1 saturated carbocycles. The molecule has 4 aromatic rings. The summed E-state index contributed by atoms with van der Waals surface area (Å²) in [6, 6.07) is 10.4. The molecule has 2 aliphatic rings. The number of rotatable bonds is 5. The van der Waals surface area contributed by atoms with Crippen molar-refractivity contribution in [3.05, 3.63) is 69.0 Å². The van der Waals surface area contributed by atoms with Crippen LogP contribution in [0.4, 0.5) is 16.3 Å². The van der Waals surface area contributed by atoms with Crippen molar-refractivity contribution in [1.29, 1.82) is 0 Å². The number of carbonyl (C=O) groups excluding carboxylic acids is 1. The number of piperidine rings is 1. The van der Waals surface area contributed by atoms with E-state index in [4.69, 9.17) is 14.7 Å². The van der Waals surface area contributed by atoms with Gasteiger partial charge < -0.3 is 25.0 Å². The van der Waals surface area contributed by atoms with Gasteiger partial charge in [-0.05, 0) is 76.1 Å². The monoisotopic (exact) mass is 558 g/mol. The average Bonchev–Trinajstić information content (AvgIpc) is 3.56. The van der Waals surface area contributed by atoms with E-state index >= 15 is 0 Å². The van der Waals surface area contributed by atoms with E-state index in [-0.39, 0.29) is 23.7 Å². The third-order valence-corrected chi connectivity index (χ3v) is 7.18. The van der Waals surface area contributed by atoms with Crippen LogP contribution < -0.4 is 21.7 Å². The molecule has 1 saturated heterocycles. The number of anilines is 2. The van der Waals surface area contributed by atoms with E-state index in [1.807, 2.05) is 39.0 Å². The number of amides is 1. The molecular formula is C29H34N8O4. The van der Waals surface area contributed by atoms with Gasteiger partial charge in [0.15, 0.2) is 11.1 Å². The van der Waals surface area contributed by atoms with Gasteiger partial charge in [-0.3, -0.25) is 9.98 Å². The zero-order valence-corrected chi connectivity index (χ0v) is 23.3. The van der Waals surface area contributed by atoms with Crippen molar-refractivity contribution >= 4 is 29.3 Å². The Morgan fingerprint density at radius 1 is 1.15 bits per heavy atom. The maximum atomic E-state index is 12.4. The van der Waals surface area contributed by atoms with Crippen molar-refractivity contribution in [3.8, 4) is 5.88 Å². The number of nitrogens with one attached hydrogen (secondary N) is 3. The van der Waals surface area contributed by atoms with Crippen LogP contribution in [0.5, 0.6) is 5.88 Å². The van der Waals surface area contributed by atoms with E-state index in [0.29, 0.717) is 41.2 Å². The Labute approximate surface area is 235 Å². The maximum absolute atomic E-state index is 12.4. The Morgan fingerprint density at radius 2 is 1.88 bits per heavy atom. The van der Waals surface area contributed by atoms with E-state index < -0.39 is 11.3 Å². The van der Waals surface area contributed by atoms with Crippen LogP contribution in [0.25, 0.3) is 11.7 Å². The fourth-order valence-electron chi connectivity index (χ4n) is 4.97. The molecule has 1 amide bonds. The summed E-state index contributed by atoms with van der Waals surface area (Å²) in [7, 11) is 0. The number of H-pyrrole nitrogens is 2. The molecule has 1 aromatic carbocycles. The van der Waals surface area contributed by atoms with Crippen LogP contribution in [0.3, 0.4) is 0 Å². The number of carbonyl (C=O) groups is 1. The van der Waals surface area contributed by atoms with Gasteiger partial charge in [0.2, 0.25) is 5.88 Å². The van der Waals surface area contributed by atoms with Crippen molar-refractivity contribution in [1.82, 2.24) is 29.5 Å². The molecule has 2 fully saturated rings. The van der Waals surface area contributed by atoms with Gasteiger partial charge in [0.1, 0.15) is 17.1 Å². The van der Waals surface area contributed by atoms with Gasteiger partial charge in [0.25, 0.3) is 0 Å². The van der Waals surface area contributed by atoms with E-state index in [9.17, 15) is 14.7 Å². The Kier molecular flexibility index (Phi) is 6.76. The molecule has 214 valence electrons. The predicted octanol–water partition coefficient (Wildman–Crippen LogP) is 2.92. The van der Waals surface area contributed by atoms with Gasteiger partial charge in [0, 0.05) is 30.1 Å². The molecule has 0 radical (unpaired) electrons. The second-order valence-electron chi connectivity index (χ2n) is 11.7. The zero-order chi connectivity index (χ0) is 28.7. The molecule has 12 heteroatoms. The summed E-state index contributed by atoms with van der Waals surface area (Å²) in [5.41, 5.74) is 2.60. The largest absolute Gasteiger partial charge is 0.493 e. The quantitative estimate of drug-likeness (QED) is 0.294. The van der Waals surface area contributed by atoms with Crippen LogP contribution in [-0.2, 0) is 4.74 Å². The molecule has 0 spiro atoms. The lowest BCUT2D eigenvalue weighted by atomic mass is 9.89. The summed E-state index contributed by atoms with van der Waals surface area (Å²) >= 11 is 0. The molecular weight excluding hydrogens is 524 g/mol. The van der Waals surface area contributed by atoms with Gasteiger partial charge in [-0.1, -0.05) is 12.1 Å². The Balaban J connectivity index is 1.21. The lowest BCUT2D eigenvalue weighted by Crippen LogP contribution is -2.41. The van der Waals surface area contributed by atoms with Crippen molar-refractivity contribution in [2.75, 3.05) is 18.4 Å². The average molecular weight is 559 g/mol. The smallest absolute Gasteiger partial charge is 0.410 e. The molecule has 3 aromatic heterocycles. The molecule has 0 unspecified atom stereocenters. The third-order valence-electron chi connectivity index (χ3n) is 7.18. The van der Waals surface area contributed by atoms with Gasteiger partial charge in [-0.25, -0.2) is 14.6 Å². The minimum absolute atomic E-state index is 0.245. The molecule has 0 atom stereocenters. The summed E-state index contributed by atoms with van der Waals surface area (Å²) in [5.74, 6) is 0.738. The van der Waals surface area contributed by atoms with Crippen LogP contribution in [-0.4, -0.2) is 65.4 Å². The van der Waals surface area contributed by atoms with Gasteiger partial charge >= 0.3 is 11.8 Å². The highest BCUT2D eigenvalue weighted by Gasteiger charge is 2.27. The number of fused-ring (bicyclic) bond motifs is 1. The van der Waals surface area contributed by atoms with Crippen LogP contribution in [0, 0.1) is 0 Å². The van der Waals surface area contributed by atoms with Crippen LogP contribution in [0.1, 0.15) is 63.6 Å². The van der Waals surface area contributed by atoms with Crippen molar-refractivity contribution in [3.63, 3.8) is 0 Å². The Hall–Kier alpha value is -4.61. The Bertz CT molecular complexity index is 1750. The second-order valence-corrected chi connectivity index (χ2v) is 11.7. The first-order valence-electron chi connectivity index (χ1n) is 13.9. The number of aromatic amines is 2. The molecule has 1 aliphatic heterocycles. The highest BCUT2D eigenvalue weighted by Crippen LogP contribution is 2.30. The lowest BCUT2D eigenvalue weighted by Gasteiger charge is -2.33. The van der Waals surface area contributed by atoms with E-state index in [1.165, 1.54) is 5.56 Å². The van der Waals surface area contributed by atoms with Gasteiger partial charge in [-0.2, -0.15) is 9.61 Å². The number of likely N-dealkylation sites (tertiary alicyclic amines) is 1. The molecule has 12 nitrogen and oxygen atoms in total. The van der Waals surface area contributed by atoms with Gasteiger partial charge in [-0.15, -0.1) is 0 Å². The fraction of sp³-hybridized carbons (Fsp3) is 0.414. The van der Waals surface area contributed by atoms with Crippen LogP contribution in [0.2, 0.25) is 0 Å². The first-order valence-corrected chi connectivity index (χ1v) is 13.9. The number of hydrogen-bond donors (Lipinski definition) is 4. The minimum Gasteiger partial charge on any atom is -0.493 e. The number of nitrogens with zero attached hydrogens (tertiary/aromatic N) is 5. The third kappa shape index (κ3) is 6.11. The first kappa shape index (κ1) is 26.6. The van der Waals surface area contributed by atoms with Crippen molar-refractivity contribution in [2.45, 2.75) is 64.0 Å². The highest BCUT2D eigenvalue weighted by atomic mass is 16.6. The number of ether oxygens (including phenoxy) is 1. The number of hydrogen-bond acceptors (Lipinski definition) is 8. The zero-order valence-electron chi connectivity index (χ0n) is 23.3. The normalized spacial score (nSPS) is 17.4. The predicted molar refractivity (Wildman–Crippen MR) is 153 cm³/mol. The van der Waals surface area contributed by atoms with Crippen LogP contribution in [0.15, 0.2) is 46.3 Å². The number of benzene rings is 1. The summed E-state index contributed by atoms with van der Waals surface area (Å²) in [6.07, 6.45) is 6.87. The second kappa shape index (κ2) is 10.4. The number of aromatic hydroxyl groups is 1. The van der Waals surface area contributed by atoms with E-state index in [0.717, 1.165) is 31.4 Å². The van der Waals surface area contributed by atoms with Crippen molar-refractivity contribution < 1.29 is 14.6 Å². The fourth-order valence-corrected chi connectivity index (χ4v) is 4.97. The first-order chi connectivity index (χ1) is 19.6. The van der Waals surface area contributed by atoms with Crippen molar-refractivity contribution in [2.24, 2.45) is 4.99 Å². The lowest BCUT2D eigenvalue weighted by molar-refractivity contribution is 0.0205. The van der Waals surface area contributed by atoms with E-state index in [2.05, 4.69) is 32.5 Å². The highest BCUT2D eigenvalue weighted by molar-refractivity contribution is 5.68. The Morgan fingerprint density at radius 3 is 2.51 bits per heavy atom. The van der Waals surface area contributed by atoms with Crippen LogP contribution >= 0.6 is 0 Å². The molecule has 6 rings (SSSR count). The summed E-state index contributed by atoms with van der Waals surface area (Å²) < 4.78 is 7.19. The SMILES string of the molecule is CC(C)(C)OC(=O)N1CCC(c2ccc(Nc3cc(=NC4CC4)n4ncc(=Cc5[nH]c(=O)[nH]c5O)c4n3)cc2)CC1. The molecule has 4 heterocycles. The molecule has 0 bridgehead atoms. The maximum Gasteiger partial charge on any atom is 0.410 e. The minimum atomic E-state index is -0.498.